The predicted molar refractivity (Wildman–Crippen MR) is 43.7 cm³/mol. The maximum absolute atomic E-state index is 11.5. The first-order chi connectivity index (χ1) is 6.09. The van der Waals surface area contributed by atoms with Crippen molar-refractivity contribution < 1.29 is 14.7 Å². The summed E-state index contributed by atoms with van der Waals surface area (Å²) in [6.45, 7) is 1.95. The largest absolute Gasteiger partial charge is 0.391 e. The number of carbonyl (C=O) groups excluding carboxylic acids is 2. The monoisotopic (exact) mass is 184 g/mol. The van der Waals surface area contributed by atoms with Crippen LogP contribution in [0.15, 0.2) is 0 Å². The minimum absolute atomic E-state index is 0.0962. The Balaban J connectivity index is 2.23. The van der Waals surface area contributed by atoms with Crippen LogP contribution in [0.3, 0.4) is 0 Å². The van der Waals surface area contributed by atoms with Gasteiger partial charge in [-0.3, -0.25) is 9.59 Å². The van der Waals surface area contributed by atoms with Gasteiger partial charge in [0, 0.05) is 13.0 Å². The Hall–Kier alpha value is -1.10. The first-order valence-corrected chi connectivity index (χ1v) is 4.38. The molecule has 2 aliphatic heterocycles. The topological polar surface area (TPSA) is 69.6 Å². The first kappa shape index (κ1) is 8.50. The van der Waals surface area contributed by atoms with Crippen molar-refractivity contribution in [2.75, 3.05) is 6.54 Å². The van der Waals surface area contributed by atoms with Gasteiger partial charge in [0.15, 0.2) is 0 Å². The number of piperazine rings is 1. The lowest BCUT2D eigenvalue weighted by Crippen LogP contribution is -2.59. The van der Waals surface area contributed by atoms with Gasteiger partial charge in [0.2, 0.25) is 11.8 Å². The van der Waals surface area contributed by atoms with E-state index in [0.29, 0.717) is 13.0 Å². The van der Waals surface area contributed by atoms with Gasteiger partial charge in [0.25, 0.3) is 0 Å². The van der Waals surface area contributed by atoms with Crippen LogP contribution in [0.25, 0.3) is 0 Å². The van der Waals surface area contributed by atoms with E-state index >= 15 is 0 Å². The molecule has 0 saturated carbocycles. The molecule has 2 saturated heterocycles. The highest BCUT2D eigenvalue weighted by Crippen LogP contribution is 2.22. The molecule has 5 nitrogen and oxygen atoms in total. The summed E-state index contributed by atoms with van der Waals surface area (Å²) in [7, 11) is 0. The molecule has 2 amide bonds. The summed E-state index contributed by atoms with van der Waals surface area (Å²) < 4.78 is 0. The van der Waals surface area contributed by atoms with Gasteiger partial charge in [-0.1, -0.05) is 0 Å². The molecule has 0 bridgehead atoms. The molecule has 2 N–H and O–H groups in total. The standard InChI is InChI=1S/C8H12N2O3/c1-4-8(13)10-3-5(11)2-6(10)7(12)9-4/h4-6,11H,2-3H2,1H3,(H,9,12)/t4-,5-,6+/m0/s1. The van der Waals surface area contributed by atoms with Crippen LogP contribution in [0.2, 0.25) is 0 Å². The Labute approximate surface area is 75.7 Å². The Morgan fingerprint density at radius 2 is 2.23 bits per heavy atom. The minimum Gasteiger partial charge on any atom is -0.391 e. The molecule has 0 aliphatic carbocycles. The molecule has 2 aliphatic rings. The lowest BCUT2D eigenvalue weighted by atomic mass is 10.1. The summed E-state index contributed by atoms with van der Waals surface area (Å²) in [5, 5.41) is 11.9. The van der Waals surface area contributed by atoms with E-state index in [0.717, 1.165) is 0 Å². The van der Waals surface area contributed by atoms with Crippen LogP contribution >= 0.6 is 0 Å². The summed E-state index contributed by atoms with van der Waals surface area (Å²) in [5.74, 6) is -0.246. The second kappa shape index (κ2) is 2.70. The van der Waals surface area contributed by atoms with Crippen LogP contribution in [-0.2, 0) is 9.59 Å². The van der Waals surface area contributed by atoms with Gasteiger partial charge >= 0.3 is 0 Å². The Kier molecular flexibility index (Phi) is 1.76. The van der Waals surface area contributed by atoms with Crippen molar-refractivity contribution in [3.8, 4) is 0 Å². The van der Waals surface area contributed by atoms with Gasteiger partial charge in [0.05, 0.1) is 6.10 Å². The third-order valence-electron chi connectivity index (χ3n) is 2.59. The fraction of sp³-hybridized carbons (Fsp3) is 0.750. The quantitative estimate of drug-likeness (QED) is 0.479. The molecule has 3 atom stereocenters. The highest BCUT2D eigenvalue weighted by molar-refractivity contribution is 5.97. The van der Waals surface area contributed by atoms with E-state index in [4.69, 9.17) is 0 Å². The maximum Gasteiger partial charge on any atom is 0.245 e. The molecular formula is C8H12N2O3. The Morgan fingerprint density at radius 3 is 2.92 bits per heavy atom. The van der Waals surface area contributed by atoms with Crippen molar-refractivity contribution in [3.05, 3.63) is 0 Å². The summed E-state index contributed by atoms with van der Waals surface area (Å²) >= 11 is 0. The number of nitrogens with one attached hydrogen (secondary N) is 1. The van der Waals surface area contributed by atoms with E-state index in [-0.39, 0.29) is 11.8 Å². The fourth-order valence-electron chi connectivity index (χ4n) is 1.93. The highest BCUT2D eigenvalue weighted by atomic mass is 16.3. The second-order valence-corrected chi connectivity index (χ2v) is 3.63. The number of aliphatic hydroxyl groups excluding tert-OH is 1. The number of hydrogen-bond acceptors (Lipinski definition) is 3. The van der Waals surface area contributed by atoms with Crippen molar-refractivity contribution in [1.29, 1.82) is 0 Å². The zero-order valence-electron chi connectivity index (χ0n) is 7.36. The van der Waals surface area contributed by atoms with E-state index in [1.807, 2.05) is 0 Å². The second-order valence-electron chi connectivity index (χ2n) is 3.63. The van der Waals surface area contributed by atoms with Crippen LogP contribution in [0.1, 0.15) is 13.3 Å². The van der Waals surface area contributed by atoms with Gasteiger partial charge in [0.1, 0.15) is 12.1 Å². The third-order valence-corrected chi connectivity index (χ3v) is 2.59. The molecule has 13 heavy (non-hydrogen) atoms. The predicted octanol–water partition coefficient (Wildman–Crippen LogP) is -1.53. The van der Waals surface area contributed by atoms with Crippen LogP contribution in [0.4, 0.5) is 0 Å². The van der Waals surface area contributed by atoms with Crippen LogP contribution in [-0.4, -0.2) is 46.6 Å². The van der Waals surface area contributed by atoms with Gasteiger partial charge in [-0.2, -0.15) is 0 Å². The van der Waals surface area contributed by atoms with Crippen molar-refractivity contribution in [2.45, 2.75) is 31.5 Å². The number of carbonyl (C=O) groups is 2. The van der Waals surface area contributed by atoms with Crippen molar-refractivity contribution >= 4 is 11.8 Å². The van der Waals surface area contributed by atoms with E-state index in [9.17, 15) is 14.7 Å². The fourth-order valence-corrected chi connectivity index (χ4v) is 1.93. The SMILES string of the molecule is C[C@@H]1NC(=O)[C@H]2C[C@H](O)CN2C1=O. The Bertz CT molecular complexity index is 266. The molecule has 2 fully saturated rings. The van der Waals surface area contributed by atoms with Gasteiger partial charge in [-0.25, -0.2) is 0 Å². The molecule has 72 valence electrons. The summed E-state index contributed by atoms with van der Waals surface area (Å²) in [6, 6.07) is -0.896. The Morgan fingerprint density at radius 1 is 1.54 bits per heavy atom. The summed E-state index contributed by atoms with van der Waals surface area (Å²) in [4.78, 5) is 24.3. The van der Waals surface area contributed by atoms with Crippen molar-refractivity contribution in [1.82, 2.24) is 10.2 Å². The number of rotatable bonds is 0. The lowest BCUT2D eigenvalue weighted by Gasteiger charge is -2.32. The molecule has 2 rings (SSSR count). The van der Waals surface area contributed by atoms with E-state index in [2.05, 4.69) is 5.32 Å². The van der Waals surface area contributed by atoms with Gasteiger partial charge in [-0.05, 0) is 6.92 Å². The molecule has 0 spiro atoms. The minimum atomic E-state index is -0.551. The van der Waals surface area contributed by atoms with Crippen molar-refractivity contribution in [3.63, 3.8) is 0 Å². The lowest BCUT2D eigenvalue weighted by molar-refractivity contribution is -0.146. The number of hydrogen-bond donors (Lipinski definition) is 2. The first-order valence-electron chi connectivity index (χ1n) is 4.38. The van der Waals surface area contributed by atoms with E-state index in [1.165, 1.54) is 4.90 Å². The summed E-state index contributed by atoms with van der Waals surface area (Å²) in [6.07, 6.45) is -0.186. The van der Waals surface area contributed by atoms with E-state index in [1.54, 1.807) is 6.92 Å². The molecule has 2 heterocycles. The molecular weight excluding hydrogens is 172 g/mol. The number of nitrogens with zero attached hydrogens (tertiary/aromatic N) is 1. The zero-order valence-corrected chi connectivity index (χ0v) is 7.36. The average Bonchev–Trinajstić information content (AvgIpc) is 2.44. The van der Waals surface area contributed by atoms with Crippen LogP contribution in [0, 0.1) is 0 Å². The van der Waals surface area contributed by atoms with Crippen LogP contribution < -0.4 is 5.32 Å². The van der Waals surface area contributed by atoms with Crippen LogP contribution in [0.5, 0.6) is 0 Å². The average molecular weight is 184 g/mol. The molecule has 0 unspecified atom stereocenters. The summed E-state index contributed by atoms with van der Waals surface area (Å²) in [5.41, 5.74) is 0. The van der Waals surface area contributed by atoms with Crippen molar-refractivity contribution in [2.24, 2.45) is 0 Å². The third kappa shape index (κ3) is 1.19. The van der Waals surface area contributed by atoms with Gasteiger partial charge in [-0.15, -0.1) is 0 Å². The molecule has 0 aromatic heterocycles. The van der Waals surface area contributed by atoms with E-state index < -0.39 is 18.2 Å². The zero-order chi connectivity index (χ0) is 9.59. The molecule has 0 aromatic carbocycles. The molecule has 0 radical (unpaired) electrons. The molecule has 5 heteroatoms. The molecule has 0 aromatic rings. The number of aliphatic hydroxyl groups is 1. The maximum atomic E-state index is 11.5. The number of amides is 2. The number of fused-ring (bicyclic) bond motifs is 1. The smallest absolute Gasteiger partial charge is 0.245 e. The van der Waals surface area contributed by atoms with Gasteiger partial charge < -0.3 is 15.3 Å². The normalized spacial score (nSPS) is 38.9. The highest BCUT2D eigenvalue weighted by Gasteiger charge is 2.44.